The minimum absolute atomic E-state index is 0.0903. The second-order valence-electron chi connectivity index (χ2n) is 7.41. The van der Waals surface area contributed by atoms with Crippen molar-refractivity contribution in [2.75, 3.05) is 24.8 Å². The summed E-state index contributed by atoms with van der Waals surface area (Å²) in [6.45, 7) is 2.20. The van der Waals surface area contributed by atoms with Gasteiger partial charge in [-0.15, -0.1) is 0 Å². The van der Waals surface area contributed by atoms with Gasteiger partial charge in [-0.05, 0) is 42.8 Å². The molecule has 12 heteroatoms. The molecule has 0 saturated heterocycles. The summed E-state index contributed by atoms with van der Waals surface area (Å²) in [6, 6.07) is 11.5. The highest BCUT2D eigenvalue weighted by molar-refractivity contribution is 8.03. The Morgan fingerprint density at radius 2 is 1.92 bits per heavy atom. The quantitative estimate of drug-likeness (QED) is 0.334. The maximum atomic E-state index is 13.0. The molecule has 1 aliphatic rings. The van der Waals surface area contributed by atoms with E-state index in [1.807, 2.05) is 0 Å². The van der Waals surface area contributed by atoms with Crippen LogP contribution in [-0.4, -0.2) is 37.3 Å². The van der Waals surface area contributed by atoms with Crippen LogP contribution in [0.4, 0.5) is 5.69 Å². The van der Waals surface area contributed by atoms with Gasteiger partial charge >= 0.3 is 5.97 Å². The van der Waals surface area contributed by atoms with Crippen molar-refractivity contribution in [3.05, 3.63) is 67.6 Å². The maximum Gasteiger partial charge on any atom is 0.319 e. The Balaban J connectivity index is 1.92. The average Bonchev–Trinajstić information content (AvgIpc) is 2.84. The van der Waals surface area contributed by atoms with E-state index in [0.717, 1.165) is 18.9 Å². The molecule has 2 aromatic carbocycles. The molecule has 1 heterocycles. The molecular weight excluding hydrogens is 549 g/mol. The lowest BCUT2D eigenvalue weighted by Gasteiger charge is -2.31. The van der Waals surface area contributed by atoms with Gasteiger partial charge in [0.1, 0.15) is 11.7 Å². The zero-order valence-corrected chi connectivity index (χ0v) is 22.1. The second-order valence-corrected chi connectivity index (χ2v) is 9.64. The van der Waals surface area contributed by atoms with Gasteiger partial charge in [0.15, 0.2) is 0 Å². The first-order chi connectivity index (χ1) is 17.2. The molecule has 2 atom stereocenters. The smallest absolute Gasteiger partial charge is 0.319 e. The number of ether oxygens (including phenoxy) is 2. The van der Waals surface area contributed by atoms with Gasteiger partial charge in [0.2, 0.25) is 11.8 Å². The Bertz CT molecular complexity index is 1280. The van der Waals surface area contributed by atoms with Crippen molar-refractivity contribution in [3.63, 3.8) is 0 Å². The van der Waals surface area contributed by atoms with E-state index < -0.39 is 29.6 Å². The summed E-state index contributed by atoms with van der Waals surface area (Å²) in [6.07, 6.45) is 0. The number of carbonyl (C=O) groups is 3. The van der Waals surface area contributed by atoms with Crippen LogP contribution in [0, 0.1) is 17.2 Å². The molecule has 188 valence electrons. The van der Waals surface area contributed by atoms with Crippen LogP contribution in [0.1, 0.15) is 18.4 Å². The third-order valence-electron chi connectivity index (χ3n) is 5.15. The largest absolute Gasteiger partial charge is 0.492 e. The summed E-state index contributed by atoms with van der Waals surface area (Å²) in [4.78, 5) is 38.0. The first kappa shape index (κ1) is 27.7. The van der Waals surface area contributed by atoms with Crippen LogP contribution < -0.4 is 15.4 Å². The molecule has 8 nitrogen and oxygen atoms in total. The van der Waals surface area contributed by atoms with Crippen molar-refractivity contribution in [1.29, 1.82) is 5.26 Å². The maximum absolute atomic E-state index is 13.0. The highest BCUT2D eigenvalue weighted by Gasteiger charge is 2.44. The molecule has 3 rings (SSSR count). The Labute approximate surface area is 226 Å². The van der Waals surface area contributed by atoms with E-state index in [0.29, 0.717) is 28.6 Å². The van der Waals surface area contributed by atoms with Crippen molar-refractivity contribution >= 4 is 70.0 Å². The van der Waals surface area contributed by atoms with Gasteiger partial charge in [-0.1, -0.05) is 52.6 Å². The highest BCUT2D eigenvalue weighted by Crippen LogP contribution is 2.42. The van der Waals surface area contributed by atoms with Gasteiger partial charge in [-0.2, -0.15) is 5.26 Å². The van der Waals surface area contributed by atoms with Gasteiger partial charge in [0, 0.05) is 10.9 Å². The molecule has 0 unspecified atom stereocenters. The molecule has 0 bridgehead atoms. The number of anilines is 1. The van der Waals surface area contributed by atoms with E-state index in [9.17, 15) is 19.6 Å². The predicted molar refractivity (Wildman–Crippen MR) is 139 cm³/mol. The van der Waals surface area contributed by atoms with Crippen LogP contribution in [0.2, 0.25) is 15.1 Å². The number of nitrogens with one attached hydrogen (secondary N) is 2. The van der Waals surface area contributed by atoms with E-state index in [-0.39, 0.29) is 26.4 Å². The predicted octanol–water partition coefficient (Wildman–Crippen LogP) is 5.16. The number of benzene rings is 2. The number of esters is 1. The molecule has 0 aromatic heterocycles. The second kappa shape index (κ2) is 12.4. The number of amides is 2. The molecule has 36 heavy (non-hydrogen) atoms. The Hall–Kier alpha value is -2.90. The average molecular weight is 569 g/mol. The number of hydrogen-bond donors (Lipinski definition) is 2. The first-order valence-electron chi connectivity index (χ1n) is 10.5. The number of thioether (sulfide) groups is 1. The van der Waals surface area contributed by atoms with Crippen molar-refractivity contribution in [3.8, 4) is 11.8 Å². The summed E-state index contributed by atoms with van der Waals surface area (Å²) < 4.78 is 10.3. The van der Waals surface area contributed by atoms with E-state index in [1.54, 1.807) is 37.3 Å². The molecule has 0 aliphatic carbocycles. The third kappa shape index (κ3) is 6.26. The zero-order valence-electron chi connectivity index (χ0n) is 19.1. The van der Waals surface area contributed by atoms with E-state index >= 15 is 0 Å². The van der Waals surface area contributed by atoms with Gasteiger partial charge in [0.25, 0.3) is 0 Å². The Morgan fingerprint density at radius 1 is 1.17 bits per heavy atom. The van der Waals surface area contributed by atoms with Crippen LogP contribution in [0.3, 0.4) is 0 Å². The number of rotatable bonds is 8. The monoisotopic (exact) mass is 567 g/mol. The normalized spacial score (nSPS) is 17.2. The van der Waals surface area contributed by atoms with Crippen molar-refractivity contribution < 1.29 is 23.9 Å². The zero-order chi connectivity index (χ0) is 26.4. The number of carbonyl (C=O) groups excluding carboxylic acids is 3. The van der Waals surface area contributed by atoms with Crippen molar-refractivity contribution in [1.82, 2.24) is 5.32 Å². The molecule has 2 aromatic rings. The molecule has 0 saturated carbocycles. The SMILES string of the molecule is CCOc1ccc([C@H]2C(C#N)=C(SCC(=O)Nc3ccc(Cl)cc3Cl)NC(=O)[C@H]2C(=O)OC)cc1Cl. The fourth-order valence-electron chi connectivity index (χ4n) is 3.58. The number of halogens is 3. The van der Waals surface area contributed by atoms with Crippen LogP contribution >= 0.6 is 46.6 Å². The fraction of sp³-hybridized carbons (Fsp3) is 0.250. The van der Waals surface area contributed by atoms with Crippen LogP contribution in [0.15, 0.2) is 47.0 Å². The molecular formula is C24H20Cl3N3O5S. The Morgan fingerprint density at radius 3 is 2.53 bits per heavy atom. The molecule has 2 amide bonds. The number of nitriles is 1. The van der Waals surface area contributed by atoms with Crippen molar-refractivity contribution in [2.24, 2.45) is 5.92 Å². The molecule has 0 spiro atoms. The van der Waals surface area contributed by atoms with Crippen LogP contribution in [0.25, 0.3) is 0 Å². The standard InChI is InChI=1S/C24H20Cl3N3O5S/c1-3-35-18-7-4-12(8-16(18)27)20-14(10-28)23(30-22(32)21(20)24(33)34-2)36-11-19(31)29-17-6-5-13(25)9-15(17)26/h4-9,20-21H,3,11H2,1-2H3,(H,29,31)(H,30,32)/t20-,21-/m0/s1. The lowest BCUT2D eigenvalue weighted by Crippen LogP contribution is -2.44. The molecule has 1 aliphatic heterocycles. The summed E-state index contributed by atoms with van der Waals surface area (Å²) in [5.41, 5.74) is 0.898. The van der Waals surface area contributed by atoms with E-state index in [4.69, 9.17) is 44.3 Å². The lowest BCUT2D eigenvalue weighted by atomic mass is 9.78. The van der Waals surface area contributed by atoms with Crippen molar-refractivity contribution in [2.45, 2.75) is 12.8 Å². The topological polar surface area (TPSA) is 118 Å². The Kier molecular flexibility index (Phi) is 9.51. The van der Waals surface area contributed by atoms with Crippen LogP contribution in [-0.2, 0) is 19.1 Å². The molecule has 0 radical (unpaired) electrons. The van der Waals surface area contributed by atoms with Crippen LogP contribution in [0.5, 0.6) is 5.75 Å². The third-order valence-corrected chi connectivity index (χ3v) is 7.01. The number of hydrogen-bond acceptors (Lipinski definition) is 7. The minimum Gasteiger partial charge on any atom is -0.492 e. The fourth-order valence-corrected chi connectivity index (χ4v) is 5.13. The number of allylic oxidation sites excluding steroid dienone is 1. The summed E-state index contributed by atoms with van der Waals surface area (Å²) in [7, 11) is 1.16. The number of nitrogens with zero attached hydrogens (tertiary/aromatic N) is 1. The van der Waals surface area contributed by atoms with Gasteiger partial charge in [-0.25, -0.2) is 0 Å². The summed E-state index contributed by atoms with van der Waals surface area (Å²) in [5, 5.41) is 16.3. The van der Waals surface area contributed by atoms with Gasteiger partial charge < -0.3 is 20.1 Å². The highest BCUT2D eigenvalue weighted by atomic mass is 35.5. The summed E-state index contributed by atoms with van der Waals surface area (Å²) >= 11 is 19.3. The molecule has 0 fully saturated rings. The molecule has 2 N–H and O–H groups in total. The van der Waals surface area contributed by atoms with E-state index in [2.05, 4.69) is 16.7 Å². The number of methoxy groups -OCH3 is 1. The minimum atomic E-state index is -1.33. The summed E-state index contributed by atoms with van der Waals surface area (Å²) in [5.74, 6) is -3.95. The van der Waals surface area contributed by atoms with Gasteiger partial charge in [-0.3, -0.25) is 14.4 Å². The van der Waals surface area contributed by atoms with E-state index in [1.165, 1.54) is 6.07 Å². The van der Waals surface area contributed by atoms with Gasteiger partial charge in [0.05, 0.1) is 51.9 Å². The lowest BCUT2D eigenvalue weighted by molar-refractivity contribution is -0.150. The first-order valence-corrected chi connectivity index (χ1v) is 12.6.